The predicted octanol–water partition coefficient (Wildman–Crippen LogP) is 5.08. The summed E-state index contributed by atoms with van der Waals surface area (Å²) < 4.78 is 5.68. The summed E-state index contributed by atoms with van der Waals surface area (Å²) in [6.07, 6.45) is 1.38. The van der Waals surface area contributed by atoms with Crippen molar-refractivity contribution < 1.29 is 19.2 Å². The third-order valence-electron chi connectivity index (χ3n) is 4.58. The fourth-order valence-corrected chi connectivity index (χ4v) is 3.40. The number of methoxy groups -OCH3 is 1. The van der Waals surface area contributed by atoms with Crippen LogP contribution in [0.2, 0.25) is 0 Å². The van der Waals surface area contributed by atoms with Gasteiger partial charge in [0.05, 0.1) is 17.6 Å². The molecule has 0 spiro atoms. The average molecular weight is 510 g/mol. The predicted molar refractivity (Wildman–Crippen MR) is 129 cm³/mol. The lowest BCUT2D eigenvalue weighted by atomic mass is 10.1. The number of aryl methyl sites for hydroxylation is 1. The van der Waals surface area contributed by atoms with Crippen LogP contribution in [0.25, 0.3) is 6.08 Å². The van der Waals surface area contributed by atoms with Crippen LogP contribution in [0.3, 0.4) is 0 Å². The van der Waals surface area contributed by atoms with Gasteiger partial charge in [0.2, 0.25) is 0 Å². The molecule has 0 fully saturated rings. The number of rotatable bonds is 7. The van der Waals surface area contributed by atoms with Crippen molar-refractivity contribution in [2.45, 2.75) is 6.92 Å². The molecule has 9 heteroatoms. The van der Waals surface area contributed by atoms with E-state index in [2.05, 4.69) is 26.6 Å². The quantitative estimate of drug-likeness (QED) is 0.262. The highest BCUT2D eigenvalue weighted by Crippen LogP contribution is 2.23. The van der Waals surface area contributed by atoms with E-state index in [4.69, 9.17) is 4.74 Å². The van der Waals surface area contributed by atoms with E-state index in [0.29, 0.717) is 21.5 Å². The van der Waals surface area contributed by atoms with Gasteiger partial charge < -0.3 is 15.4 Å². The summed E-state index contributed by atoms with van der Waals surface area (Å²) in [5.41, 5.74) is 1.90. The molecule has 3 aromatic rings. The molecule has 0 atom stereocenters. The molecule has 3 aromatic carbocycles. The Morgan fingerprint density at radius 3 is 2.52 bits per heavy atom. The lowest BCUT2D eigenvalue weighted by Gasteiger charge is -2.13. The Labute approximate surface area is 198 Å². The Hall–Kier alpha value is -3.98. The third-order valence-corrected chi connectivity index (χ3v) is 5.27. The first-order valence-electron chi connectivity index (χ1n) is 9.76. The Morgan fingerprint density at radius 2 is 1.82 bits per heavy atom. The second-order valence-electron chi connectivity index (χ2n) is 7.03. The van der Waals surface area contributed by atoms with Gasteiger partial charge in [-0.05, 0) is 70.4 Å². The lowest BCUT2D eigenvalue weighted by molar-refractivity contribution is -0.384. The summed E-state index contributed by atoms with van der Waals surface area (Å²) in [4.78, 5) is 36.6. The van der Waals surface area contributed by atoms with Gasteiger partial charge in [-0.1, -0.05) is 24.3 Å². The van der Waals surface area contributed by atoms with Crippen LogP contribution in [0, 0.1) is 17.0 Å². The number of anilines is 1. The van der Waals surface area contributed by atoms with Gasteiger partial charge in [0, 0.05) is 22.3 Å². The molecular weight excluding hydrogens is 490 g/mol. The highest BCUT2D eigenvalue weighted by atomic mass is 79.9. The van der Waals surface area contributed by atoms with Gasteiger partial charge in [0.1, 0.15) is 11.4 Å². The van der Waals surface area contributed by atoms with Crippen LogP contribution in [0.15, 0.2) is 76.9 Å². The Morgan fingerprint density at radius 1 is 1.06 bits per heavy atom. The maximum Gasteiger partial charge on any atom is 0.272 e. The zero-order valence-electron chi connectivity index (χ0n) is 17.8. The van der Waals surface area contributed by atoms with Gasteiger partial charge >= 0.3 is 0 Å². The molecule has 0 aromatic heterocycles. The zero-order chi connectivity index (χ0) is 24.0. The Bertz CT molecular complexity index is 1260. The maximum atomic E-state index is 13.1. The normalized spacial score (nSPS) is 10.9. The lowest BCUT2D eigenvalue weighted by Crippen LogP contribution is -2.31. The van der Waals surface area contributed by atoms with E-state index < -0.39 is 16.7 Å². The molecule has 8 nitrogen and oxygen atoms in total. The van der Waals surface area contributed by atoms with Crippen LogP contribution in [0.1, 0.15) is 21.5 Å². The van der Waals surface area contributed by atoms with E-state index in [0.717, 1.165) is 5.56 Å². The molecule has 0 bridgehead atoms. The fourth-order valence-electron chi connectivity index (χ4n) is 2.97. The number of amides is 2. The molecule has 0 aliphatic rings. The number of carbonyl (C=O) groups excluding carboxylic acids is 2. The topological polar surface area (TPSA) is 111 Å². The summed E-state index contributed by atoms with van der Waals surface area (Å²) >= 11 is 3.33. The number of carbonyl (C=O) groups is 2. The first kappa shape index (κ1) is 23.7. The maximum absolute atomic E-state index is 13.1. The van der Waals surface area contributed by atoms with Crippen molar-refractivity contribution in [2.24, 2.45) is 0 Å². The molecule has 0 aliphatic heterocycles. The van der Waals surface area contributed by atoms with Crippen LogP contribution in [0.4, 0.5) is 11.4 Å². The molecule has 33 heavy (non-hydrogen) atoms. The standard InChI is InChI=1S/C24H20BrN3O5/c1-15-5-3-7-17(11-15)26-24(30)22(13-16-6-4-8-18(12-16)28(31)32)27-23(29)20-14-19(33-2)9-10-21(20)25/h3-14H,1-2H3,(H,26,30)(H,27,29)/b22-13+. The summed E-state index contributed by atoms with van der Waals surface area (Å²) in [5, 5.41) is 16.5. The van der Waals surface area contributed by atoms with Crippen LogP contribution in [-0.2, 0) is 4.79 Å². The van der Waals surface area contributed by atoms with Crippen molar-refractivity contribution in [3.63, 3.8) is 0 Å². The largest absolute Gasteiger partial charge is 0.497 e. The number of non-ortho nitro benzene ring substituents is 1. The summed E-state index contributed by atoms with van der Waals surface area (Å²) in [6.45, 7) is 1.89. The molecule has 0 saturated heterocycles. The minimum Gasteiger partial charge on any atom is -0.497 e. The second kappa shape index (κ2) is 10.6. The highest BCUT2D eigenvalue weighted by Gasteiger charge is 2.18. The van der Waals surface area contributed by atoms with Crippen molar-refractivity contribution in [1.29, 1.82) is 0 Å². The molecule has 0 heterocycles. The summed E-state index contributed by atoms with van der Waals surface area (Å²) in [7, 11) is 1.48. The Kier molecular flexibility index (Phi) is 7.57. The fraction of sp³-hybridized carbons (Fsp3) is 0.0833. The SMILES string of the molecule is COc1ccc(Br)c(C(=O)N/C(=C/c2cccc([N+](=O)[O-])c2)C(=O)Nc2cccc(C)c2)c1. The van der Waals surface area contributed by atoms with E-state index >= 15 is 0 Å². The highest BCUT2D eigenvalue weighted by molar-refractivity contribution is 9.10. The van der Waals surface area contributed by atoms with Crippen molar-refractivity contribution >= 4 is 45.2 Å². The number of hydrogen-bond acceptors (Lipinski definition) is 5. The average Bonchev–Trinajstić information content (AvgIpc) is 2.79. The van der Waals surface area contributed by atoms with E-state index in [9.17, 15) is 19.7 Å². The van der Waals surface area contributed by atoms with Crippen LogP contribution < -0.4 is 15.4 Å². The van der Waals surface area contributed by atoms with Crippen molar-refractivity contribution in [3.05, 3.63) is 104 Å². The minimum absolute atomic E-state index is 0.0864. The van der Waals surface area contributed by atoms with Crippen LogP contribution in [0.5, 0.6) is 5.75 Å². The van der Waals surface area contributed by atoms with Gasteiger partial charge in [0.25, 0.3) is 17.5 Å². The van der Waals surface area contributed by atoms with Crippen LogP contribution >= 0.6 is 15.9 Å². The van der Waals surface area contributed by atoms with E-state index in [-0.39, 0.29) is 16.9 Å². The van der Waals surface area contributed by atoms with Gasteiger partial charge in [-0.25, -0.2) is 0 Å². The van der Waals surface area contributed by atoms with Crippen molar-refractivity contribution in [3.8, 4) is 5.75 Å². The molecule has 3 rings (SSSR count). The van der Waals surface area contributed by atoms with Crippen molar-refractivity contribution in [1.82, 2.24) is 5.32 Å². The first-order chi connectivity index (χ1) is 15.8. The van der Waals surface area contributed by atoms with E-state index in [1.54, 1.807) is 36.4 Å². The number of nitrogens with zero attached hydrogens (tertiary/aromatic N) is 1. The monoisotopic (exact) mass is 509 g/mol. The number of hydrogen-bond donors (Lipinski definition) is 2. The molecule has 0 aliphatic carbocycles. The number of nitrogens with one attached hydrogen (secondary N) is 2. The molecule has 0 unspecified atom stereocenters. The van der Waals surface area contributed by atoms with Crippen molar-refractivity contribution in [2.75, 3.05) is 12.4 Å². The first-order valence-corrected chi connectivity index (χ1v) is 10.5. The summed E-state index contributed by atoms with van der Waals surface area (Å²) in [5.74, 6) is -0.673. The number of nitro groups is 1. The summed E-state index contributed by atoms with van der Waals surface area (Å²) in [6, 6.07) is 17.8. The van der Waals surface area contributed by atoms with E-state index in [1.165, 1.54) is 37.5 Å². The zero-order valence-corrected chi connectivity index (χ0v) is 19.4. The Balaban J connectivity index is 1.97. The van der Waals surface area contributed by atoms with Crippen LogP contribution in [-0.4, -0.2) is 23.8 Å². The number of nitro benzene ring substituents is 1. The van der Waals surface area contributed by atoms with Gasteiger partial charge in [-0.3, -0.25) is 19.7 Å². The number of benzene rings is 3. The smallest absolute Gasteiger partial charge is 0.272 e. The van der Waals surface area contributed by atoms with E-state index in [1.807, 2.05) is 13.0 Å². The molecule has 2 amide bonds. The number of ether oxygens (including phenoxy) is 1. The van der Waals surface area contributed by atoms with Gasteiger partial charge in [-0.15, -0.1) is 0 Å². The molecule has 2 N–H and O–H groups in total. The van der Waals surface area contributed by atoms with Gasteiger partial charge in [0.15, 0.2) is 0 Å². The number of halogens is 1. The van der Waals surface area contributed by atoms with Gasteiger partial charge in [-0.2, -0.15) is 0 Å². The molecule has 0 radical (unpaired) electrons. The third kappa shape index (κ3) is 6.27. The molecular formula is C24H20BrN3O5. The second-order valence-corrected chi connectivity index (χ2v) is 7.89. The minimum atomic E-state index is -0.584. The molecule has 168 valence electrons. The molecule has 0 saturated carbocycles.